The molecule has 2 N–H and O–H groups in total. The minimum Gasteiger partial charge on any atom is -0.368 e. The van der Waals surface area contributed by atoms with Crippen molar-refractivity contribution < 1.29 is 4.79 Å². The van der Waals surface area contributed by atoms with Crippen molar-refractivity contribution in [2.75, 3.05) is 18.0 Å². The summed E-state index contributed by atoms with van der Waals surface area (Å²) in [7, 11) is 0. The summed E-state index contributed by atoms with van der Waals surface area (Å²) in [5.41, 5.74) is 5.40. The molecule has 17 heavy (non-hydrogen) atoms. The van der Waals surface area contributed by atoms with Gasteiger partial charge in [0.2, 0.25) is 5.91 Å². The zero-order valence-electron chi connectivity index (χ0n) is 9.76. The Morgan fingerprint density at radius 2 is 2.24 bits per heavy atom. The molecule has 6 nitrogen and oxygen atoms in total. The Morgan fingerprint density at radius 1 is 1.53 bits per heavy atom. The van der Waals surface area contributed by atoms with Crippen molar-refractivity contribution in [3.8, 4) is 6.07 Å². The fourth-order valence-electron chi connectivity index (χ4n) is 1.44. The normalized spacial score (nSPS) is 9.65. The van der Waals surface area contributed by atoms with Gasteiger partial charge >= 0.3 is 0 Å². The largest absolute Gasteiger partial charge is 0.368 e. The topological polar surface area (TPSA) is 95.9 Å². The molecule has 0 atom stereocenters. The summed E-state index contributed by atoms with van der Waals surface area (Å²) in [4.78, 5) is 20.7. The van der Waals surface area contributed by atoms with Crippen LogP contribution in [0.3, 0.4) is 0 Å². The molecule has 0 aromatic carbocycles. The first-order valence-electron chi connectivity index (χ1n) is 5.43. The SMILES string of the molecule is CCCCN(CC(N)=O)c1nccnc1C#N. The lowest BCUT2D eigenvalue weighted by Crippen LogP contribution is -2.35. The van der Waals surface area contributed by atoms with Crippen LogP contribution >= 0.6 is 0 Å². The third kappa shape index (κ3) is 3.72. The van der Waals surface area contributed by atoms with Crippen LogP contribution in [0.1, 0.15) is 25.5 Å². The van der Waals surface area contributed by atoms with Crippen molar-refractivity contribution in [2.24, 2.45) is 5.73 Å². The minimum absolute atomic E-state index is 0.0490. The van der Waals surface area contributed by atoms with Gasteiger partial charge in [0.05, 0.1) is 6.54 Å². The second-order valence-corrected chi connectivity index (χ2v) is 3.58. The third-order valence-corrected chi connectivity index (χ3v) is 2.21. The molecular weight excluding hydrogens is 218 g/mol. The van der Waals surface area contributed by atoms with E-state index >= 15 is 0 Å². The molecule has 0 aliphatic carbocycles. The third-order valence-electron chi connectivity index (χ3n) is 2.21. The van der Waals surface area contributed by atoms with E-state index in [-0.39, 0.29) is 12.2 Å². The van der Waals surface area contributed by atoms with Crippen molar-refractivity contribution in [3.63, 3.8) is 0 Å². The molecule has 0 bridgehead atoms. The molecule has 0 aliphatic heterocycles. The fourth-order valence-corrected chi connectivity index (χ4v) is 1.44. The Bertz CT molecular complexity index is 426. The van der Waals surface area contributed by atoms with Gasteiger partial charge in [-0.15, -0.1) is 0 Å². The summed E-state index contributed by atoms with van der Waals surface area (Å²) >= 11 is 0. The summed E-state index contributed by atoms with van der Waals surface area (Å²) in [5.74, 6) is -0.0297. The van der Waals surface area contributed by atoms with Crippen LogP contribution in [0.25, 0.3) is 0 Å². The van der Waals surface area contributed by atoms with E-state index in [0.29, 0.717) is 12.4 Å². The number of amides is 1. The lowest BCUT2D eigenvalue weighted by atomic mass is 10.3. The molecule has 0 saturated carbocycles. The number of nitriles is 1. The predicted molar refractivity (Wildman–Crippen MR) is 63.1 cm³/mol. The van der Waals surface area contributed by atoms with Crippen molar-refractivity contribution in [1.29, 1.82) is 5.26 Å². The molecule has 1 amide bonds. The number of anilines is 1. The van der Waals surface area contributed by atoms with Crippen molar-refractivity contribution in [1.82, 2.24) is 9.97 Å². The van der Waals surface area contributed by atoms with Crippen LogP contribution in [-0.4, -0.2) is 29.0 Å². The van der Waals surface area contributed by atoms with E-state index in [2.05, 4.69) is 9.97 Å². The first-order chi connectivity index (χ1) is 8.19. The van der Waals surface area contributed by atoms with Gasteiger partial charge in [-0.2, -0.15) is 5.26 Å². The van der Waals surface area contributed by atoms with Gasteiger partial charge in [0.1, 0.15) is 6.07 Å². The van der Waals surface area contributed by atoms with E-state index in [1.54, 1.807) is 4.90 Å². The van der Waals surface area contributed by atoms with Crippen LogP contribution in [0.15, 0.2) is 12.4 Å². The fraction of sp³-hybridized carbons (Fsp3) is 0.455. The molecule has 0 radical (unpaired) electrons. The molecular formula is C11H15N5O. The number of primary amides is 1. The van der Waals surface area contributed by atoms with E-state index in [9.17, 15) is 4.79 Å². The van der Waals surface area contributed by atoms with Gasteiger partial charge in [-0.25, -0.2) is 9.97 Å². The lowest BCUT2D eigenvalue weighted by Gasteiger charge is -2.22. The van der Waals surface area contributed by atoms with Crippen LogP contribution in [0.2, 0.25) is 0 Å². The molecule has 6 heteroatoms. The minimum atomic E-state index is -0.448. The zero-order chi connectivity index (χ0) is 12.7. The maximum Gasteiger partial charge on any atom is 0.237 e. The Hall–Kier alpha value is -2.16. The molecule has 0 saturated heterocycles. The van der Waals surface area contributed by atoms with Crippen LogP contribution in [0, 0.1) is 11.3 Å². The number of nitrogens with two attached hydrogens (primary N) is 1. The molecule has 1 heterocycles. The highest BCUT2D eigenvalue weighted by atomic mass is 16.1. The van der Waals surface area contributed by atoms with Crippen molar-refractivity contribution >= 4 is 11.7 Å². The maximum atomic E-state index is 11.0. The van der Waals surface area contributed by atoms with Crippen molar-refractivity contribution in [2.45, 2.75) is 19.8 Å². The van der Waals surface area contributed by atoms with E-state index in [4.69, 9.17) is 11.0 Å². The number of aromatic nitrogens is 2. The summed E-state index contributed by atoms with van der Waals surface area (Å²) in [6.07, 6.45) is 4.83. The first-order valence-corrected chi connectivity index (χ1v) is 5.43. The average Bonchev–Trinajstić information content (AvgIpc) is 2.34. The van der Waals surface area contributed by atoms with E-state index in [1.165, 1.54) is 12.4 Å². The van der Waals surface area contributed by atoms with Gasteiger partial charge in [0, 0.05) is 18.9 Å². The lowest BCUT2D eigenvalue weighted by molar-refractivity contribution is -0.116. The van der Waals surface area contributed by atoms with E-state index in [0.717, 1.165) is 12.8 Å². The molecule has 0 spiro atoms. The first kappa shape index (κ1) is 12.9. The van der Waals surface area contributed by atoms with Crippen molar-refractivity contribution in [3.05, 3.63) is 18.1 Å². The maximum absolute atomic E-state index is 11.0. The number of hydrogen-bond donors (Lipinski definition) is 1. The van der Waals surface area contributed by atoms with Gasteiger partial charge in [-0.1, -0.05) is 13.3 Å². The molecule has 1 aromatic rings. The van der Waals surface area contributed by atoms with Crippen LogP contribution in [0.4, 0.5) is 5.82 Å². The van der Waals surface area contributed by atoms with Crippen LogP contribution in [-0.2, 0) is 4.79 Å². The smallest absolute Gasteiger partial charge is 0.237 e. The highest BCUT2D eigenvalue weighted by Crippen LogP contribution is 2.14. The molecule has 90 valence electrons. The summed E-state index contributed by atoms with van der Waals surface area (Å²) in [6, 6.07) is 1.96. The molecule has 0 unspecified atom stereocenters. The zero-order valence-corrected chi connectivity index (χ0v) is 9.76. The monoisotopic (exact) mass is 233 g/mol. The average molecular weight is 233 g/mol. The molecule has 0 aliphatic rings. The van der Waals surface area contributed by atoms with E-state index in [1.807, 2.05) is 13.0 Å². The number of unbranched alkanes of at least 4 members (excludes halogenated alkanes) is 1. The highest BCUT2D eigenvalue weighted by Gasteiger charge is 2.15. The van der Waals surface area contributed by atoms with Gasteiger partial charge in [0.15, 0.2) is 11.5 Å². The Labute approximate surface area is 100 Å². The van der Waals surface area contributed by atoms with Crippen LogP contribution < -0.4 is 10.6 Å². The molecule has 0 fully saturated rings. The summed E-state index contributed by atoms with van der Waals surface area (Å²) in [6.45, 7) is 2.73. The number of hydrogen-bond acceptors (Lipinski definition) is 5. The van der Waals surface area contributed by atoms with Crippen LogP contribution in [0.5, 0.6) is 0 Å². The second-order valence-electron chi connectivity index (χ2n) is 3.58. The van der Waals surface area contributed by atoms with Gasteiger partial charge in [0.25, 0.3) is 0 Å². The van der Waals surface area contributed by atoms with Gasteiger partial charge in [-0.3, -0.25) is 4.79 Å². The quantitative estimate of drug-likeness (QED) is 0.769. The number of nitrogens with zero attached hydrogens (tertiary/aromatic N) is 4. The Kier molecular flexibility index (Phi) is 4.88. The van der Waals surface area contributed by atoms with E-state index < -0.39 is 5.91 Å². The molecule has 1 rings (SSSR count). The number of carbonyl (C=O) groups excluding carboxylic acids is 1. The summed E-state index contributed by atoms with van der Waals surface area (Å²) < 4.78 is 0. The van der Waals surface area contributed by atoms with Gasteiger partial charge < -0.3 is 10.6 Å². The van der Waals surface area contributed by atoms with Gasteiger partial charge in [-0.05, 0) is 6.42 Å². The highest BCUT2D eigenvalue weighted by molar-refractivity contribution is 5.79. The Balaban J connectivity index is 2.95. The molecule has 1 aromatic heterocycles. The standard InChI is InChI=1S/C11H15N5O/c1-2-3-6-16(8-10(13)17)11-9(7-12)14-4-5-15-11/h4-5H,2-3,6,8H2,1H3,(H2,13,17). The Morgan fingerprint density at radius 3 is 2.82 bits per heavy atom. The summed E-state index contributed by atoms with van der Waals surface area (Å²) in [5, 5.41) is 8.93. The second kappa shape index (κ2) is 6.43. The predicted octanol–water partition coefficient (Wildman–Crippen LogP) is 0.440. The number of carbonyl (C=O) groups is 1. The number of rotatable bonds is 6.